The molecular weight excluding hydrogens is 268 g/mol. The first-order chi connectivity index (χ1) is 8.53. The molecule has 1 N–H and O–H groups in total. The van der Waals surface area contributed by atoms with Gasteiger partial charge in [0.05, 0.1) is 22.2 Å². The predicted molar refractivity (Wildman–Crippen MR) is 71.0 cm³/mol. The average Bonchev–Trinajstić information content (AvgIpc) is 2.80. The second-order valence-electron chi connectivity index (χ2n) is 3.71. The summed E-state index contributed by atoms with van der Waals surface area (Å²) in [4.78, 5) is 0.188. The summed E-state index contributed by atoms with van der Waals surface area (Å²) in [6.45, 7) is 1.67. The lowest BCUT2D eigenvalue weighted by molar-refractivity contribution is 0.600. The number of aryl methyl sites for hydroxylation is 1. The molecule has 0 aliphatic carbocycles. The lowest BCUT2D eigenvalue weighted by atomic mass is 10.2. The van der Waals surface area contributed by atoms with Crippen molar-refractivity contribution in [2.75, 3.05) is 4.72 Å². The predicted octanol–water partition coefficient (Wildman–Crippen LogP) is 2.73. The van der Waals surface area contributed by atoms with Gasteiger partial charge in [0, 0.05) is 5.38 Å². The van der Waals surface area contributed by atoms with Crippen LogP contribution in [0.25, 0.3) is 0 Å². The Balaban J connectivity index is 2.39. The number of nitrogens with zero attached hydrogens (tertiary/aromatic N) is 1. The second-order valence-corrected chi connectivity index (χ2v) is 6.14. The molecule has 2 aromatic rings. The van der Waals surface area contributed by atoms with Crippen molar-refractivity contribution in [3.63, 3.8) is 0 Å². The third-order valence-electron chi connectivity index (χ3n) is 2.37. The Hall–Kier alpha value is -1.84. The summed E-state index contributed by atoms with van der Waals surface area (Å²) in [5.41, 5.74) is 1.54. The maximum atomic E-state index is 12.1. The maximum absolute atomic E-state index is 12.1. The summed E-state index contributed by atoms with van der Waals surface area (Å²) in [5, 5.41) is 12.3. The van der Waals surface area contributed by atoms with E-state index in [1.807, 2.05) is 6.07 Å². The van der Waals surface area contributed by atoms with E-state index >= 15 is 0 Å². The minimum atomic E-state index is -3.59. The van der Waals surface area contributed by atoms with Crippen molar-refractivity contribution >= 4 is 27.0 Å². The van der Waals surface area contributed by atoms with E-state index in [2.05, 4.69) is 4.72 Å². The Morgan fingerprint density at radius 2 is 2.11 bits per heavy atom. The first kappa shape index (κ1) is 12.6. The van der Waals surface area contributed by atoms with Crippen molar-refractivity contribution in [2.24, 2.45) is 0 Å². The third-order valence-corrected chi connectivity index (χ3v) is 4.59. The zero-order valence-electron chi connectivity index (χ0n) is 9.54. The number of anilines is 1. The minimum absolute atomic E-state index is 0.188. The van der Waals surface area contributed by atoms with E-state index in [9.17, 15) is 8.42 Å². The molecule has 18 heavy (non-hydrogen) atoms. The van der Waals surface area contributed by atoms with Gasteiger partial charge in [-0.2, -0.15) is 16.6 Å². The van der Waals surface area contributed by atoms with Crippen LogP contribution in [0.1, 0.15) is 11.1 Å². The lowest BCUT2D eigenvalue weighted by Crippen LogP contribution is -2.13. The van der Waals surface area contributed by atoms with E-state index in [1.165, 1.54) is 23.5 Å². The first-order valence-corrected chi connectivity index (χ1v) is 7.51. The van der Waals surface area contributed by atoms with Gasteiger partial charge in [-0.05, 0) is 42.1 Å². The standard InChI is InChI=1S/C12H10N2O2S2/c1-9-6-10(7-13)2-3-12(9)18(15,16)14-11-4-5-17-8-11/h2-6,8,14H,1H3. The van der Waals surface area contributed by atoms with Crippen LogP contribution >= 0.6 is 11.3 Å². The molecule has 6 heteroatoms. The molecule has 1 heterocycles. The topological polar surface area (TPSA) is 70.0 Å². The Labute approximate surface area is 110 Å². The fourth-order valence-electron chi connectivity index (χ4n) is 1.55. The molecule has 1 aromatic carbocycles. The highest BCUT2D eigenvalue weighted by molar-refractivity contribution is 7.92. The second kappa shape index (κ2) is 4.80. The summed E-state index contributed by atoms with van der Waals surface area (Å²) < 4.78 is 26.8. The van der Waals surface area contributed by atoms with E-state index in [0.29, 0.717) is 16.8 Å². The number of sulfonamides is 1. The Morgan fingerprint density at radius 3 is 2.67 bits per heavy atom. The summed E-state index contributed by atoms with van der Waals surface area (Å²) >= 11 is 1.42. The van der Waals surface area contributed by atoms with E-state index in [4.69, 9.17) is 5.26 Å². The van der Waals surface area contributed by atoms with E-state index in [-0.39, 0.29) is 4.90 Å². The van der Waals surface area contributed by atoms with E-state index in [0.717, 1.165) is 0 Å². The highest BCUT2D eigenvalue weighted by Crippen LogP contribution is 2.21. The number of nitrogens with one attached hydrogen (secondary N) is 1. The maximum Gasteiger partial charge on any atom is 0.262 e. The van der Waals surface area contributed by atoms with Gasteiger partial charge in [0.1, 0.15) is 0 Å². The summed E-state index contributed by atoms with van der Waals surface area (Å²) in [7, 11) is -3.59. The quantitative estimate of drug-likeness (QED) is 0.938. The Bertz CT molecular complexity index is 698. The van der Waals surface area contributed by atoms with Gasteiger partial charge in [0.25, 0.3) is 10.0 Å². The molecule has 4 nitrogen and oxygen atoms in total. The van der Waals surface area contributed by atoms with Crippen LogP contribution in [-0.2, 0) is 10.0 Å². The van der Waals surface area contributed by atoms with Crippen LogP contribution in [0.15, 0.2) is 39.9 Å². The van der Waals surface area contributed by atoms with Gasteiger partial charge in [-0.25, -0.2) is 8.42 Å². The van der Waals surface area contributed by atoms with Crippen molar-refractivity contribution in [3.8, 4) is 6.07 Å². The number of rotatable bonds is 3. The molecule has 0 saturated carbocycles. The number of hydrogen-bond acceptors (Lipinski definition) is 4. The van der Waals surface area contributed by atoms with Crippen molar-refractivity contribution in [2.45, 2.75) is 11.8 Å². The zero-order chi connectivity index (χ0) is 13.2. The minimum Gasteiger partial charge on any atom is -0.279 e. The van der Waals surface area contributed by atoms with Gasteiger partial charge in [0.2, 0.25) is 0 Å². The molecule has 0 aliphatic heterocycles. The fourth-order valence-corrected chi connectivity index (χ4v) is 3.49. The van der Waals surface area contributed by atoms with Crippen molar-refractivity contribution in [3.05, 3.63) is 46.2 Å². The molecular formula is C12H10N2O2S2. The number of benzene rings is 1. The zero-order valence-corrected chi connectivity index (χ0v) is 11.2. The monoisotopic (exact) mass is 278 g/mol. The highest BCUT2D eigenvalue weighted by Gasteiger charge is 2.17. The third kappa shape index (κ3) is 2.53. The SMILES string of the molecule is Cc1cc(C#N)ccc1S(=O)(=O)Nc1ccsc1. The first-order valence-electron chi connectivity index (χ1n) is 5.09. The molecule has 1 aromatic heterocycles. The van der Waals surface area contributed by atoms with E-state index in [1.54, 1.807) is 29.8 Å². The molecule has 0 bridgehead atoms. The van der Waals surface area contributed by atoms with Crippen LogP contribution in [-0.4, -0.2) is 8.42 Å². The molecule has 0 saturated heterocycles. The average molecular weight is 278 g/mol. The molecule has 0 atom stereocenters. The van der Waals surface area contributed by atoms with Gasteiger partial charge in [-0.15, -0.1) is 0 Å². The number of nitriles is 1. The Kier molecular flexibility index (Phi) is 3.36. The van der Waals surface area contributed by atoms with Gasteiger partial charge in [-0.3, -0.25) is 4.72 Å². The van der Waals surface area contributed by atoms with Gasteiger partial charge < -0.3 is 0 Å². The number of thiophene rings is 1. The van der Waals surface area contributed by atoms with Crippen LogP contribution in [0, 0.1) is 18.3 Å². The molecule has 92 valence electrons. The molecule has 0 aliphatic rings. The molecule has 0 spiro atoms. The van der Waals surface area contributed by atoms with E-state index < -0.39 is 10.0 Å². The Morgan fingerprint density at radius 1 is 1.33 bits per heavy atom. The molecule has 0 radical (unpaired) electrons. The van der Waals surface area contributed by atoms with Crippen molar-refractivity contribution in [1.82, 2.24) is 0 Å². The smallest absolute Gasteiger partial charge is 0.262 e. The van der Waals surface area contributed by atoms with Crippen LogP contribution in [0.5, 0.6) is 0 Å². The molecule has 2 rings (SSSR count). The summed E-state index contributed by atoms with van der Waals surface area (Å²) in [5.74, 6) is 0. The molecule has 0 fully saturated rings. The van der Waals surface area contributed by atoms with Gasteiger partial charge in [0.15, 0.2) is 0 Å². The van der Waals surface area contributed by atoms with Crippen LogP contribution < -0.4 is 4.72 Å². The van der Waals surface area contributed by atoms with Gasteiger partial charge in [-0.1, -0.05) is 0 Å². The lowest BCUT2D eigenvalue weighted by Gasteiger charge is -2.09. The van der Waals surface area contributed by atoms with Crippen LogP contribution in [0.3, 0.4) is 0 Å². The van der Waals surface area contributed by atoms with Crippen LogP contribution in [0.4, 0.5) is 5.69 Å². The highest BCUT2D eigenvalue weighted by atomic mass is 32.2. The number of hydrogen-bond donors (Lipinski definition) is 1. The van der Waals surface area contributed by atoms with Crippen LogP contribution in [0.2, 0.25) is 0 Å². The normalized spacial score (nSPS) is 10.9. The van der Waals surface area contributed by atoms with Crippen molar-refractivity contribution < 1.29 is 8.42 Å². The summed E-state index contributed by atoms with van der Waals surface area (Å²) in [6.07, 6.45) is 0. The molecule has 0 amide bonds. The van der Waals surface area contributed by atoms with Gasteiger partial charge >= 0.3 is 0 Å². The molecule has 0 unspecified atom stereocenters. The largest absolute Gasteiger partial charge is 0.279 e. The fraction of sp³-hybridized carbons (Fsp3) is 0.0833. The van der Waals surface area contributed by atoms with Crippen molar-refractivity contribution in [1.29, 1.82) is 5.26 Å². The summed E-state index contributed by atoms with van der Waals surface area (Å²) in [6, 6.07) is 8.17.